The molecule has 2 aromatic carbocycles. The van der Waals surface area contributed by atoms with E-state index in [0.29, 0.717) is 12.3 Å². The van der Waals surface area contributed by atoms with Crippen molar-refractivity contribution in [3.05, 3.63) is 66.5 Å². The highest BCUT2D eigenvalue weighted by molar-refractivity contribution is 5.77. The zero-order valence-electron chi connectivity index (χ0n) is 13.0. The van der Waals surface area contributed by atoms with Crippen molar-refractivity contribution >= 4 is 5.91 Å². The van der Waals surface area contributed by atoms with Gasteiger partial charge in [-0.1, -0.05) is 30.3 Å². The molecule has 7 nitrogen and oxygen atoms in total. The lowest BCUT2D eigenvalue weighted by atomic mass is 10.1. The Balaban J connectivity index is 1.41. The van der Waals surface area contributed by atoms with Gasteiger partial charge in [-0.15, -0.1) is 5.10 Å². The van der Waals surface area contributed by atoms with Crippen molar-refractivity contribution in [2.24, 2.45) is 0 Å². The third-order valence-electron chi connectivity index (χ3n) is 3.40. The highest BCUT2D eigenvalue weighted by Gasteiger charge is 2.03. The largest absolute Gasteiger partial charge is 0.484 e. The Bertz CT molecular complexity index is 757. The van der Waals surface area contributed by atoms with Crippen LogP contribution in [0.25, 0.3) is 5.69 Å². The molecule has 0 fully saturated rings. The van der Waals surface area contributed by atoms with Crippen LogP contribution >= 0.6 is 0 Å². The van der Waals surface area contributed by atoms with E-state index in [1.165, 1.54) is 11.9 Å². The number of carbonyl (C=O) groups excluding carboxylic acids is 1. The first kappa shape index (κ1) is 15.7. The molecule has 7 heteroatoms. The number of hydrogen-bond donors (Lipinski definition) is 1. The Morgan fingerprint density at radius 2 is 1.88 bits per heavy atom. The van der Waals surface area contributed by atoms with Crippen LogP contribution < -0.4 is 10.1 Å². The second kappa shape index (κ2) is 7.87. The van der Waals surface area contributed by atoms with Gasteiger partial charge in [-0.2, -0.15) is 0 Å². The Hall–Kier alpha value is -3.22. The van der Waals surface area contributed by atoms with Crippen LogP contribution in [0.1, 0.15) is 5.56 Å². The Kier molecular flexibility index (Phi) is 5.14. The van der Waals surface area contributed by atoms with E-state index >= 15 is 0 Å². The smallest absolute Gasteiger partial charge is 0.257 e. The summed E-state index contributed by atoms with van der Waals surface area (Å²) in [5.41, 5.74) is 2.01. The Labute approximate surface area is 139 Å². The molecule has 1 aromatic heterocycles. The fourth-order valence-electron chi connectivity index (χ4n) is 2.17. The molecule has 3 rings (SSSR count). The molecule has 1 N–H and O–H groups in total. The van der Waals surface area contributed by atoms with Crippen molar-refractivity contribution in [1.82, 2.24) is 25.5 Å². The predicted octanol–water partition coefficient (Wildman–Crippen LogP) is 1.40. The molecule has 1 amide bonds. The molecule has 0 aliphatic rings. The van der Waals surface area contributed by atoms with Crippen molar-refractivity contribution in [2.45, 2.75) is 6.42 Å². The van der Waals surface area contributed by atoms with Gasteiger partial charge in [-0.25, -0.2) is 4.68 Å². The lowest BCUT2D eigenvalue weighted by Gasteiger charge is -2.08. The van der Waals surface area contributed by atoms with Crippen LogP contribution in [0.15, 0.2) is 60.9 Å². The second-order valence-electron chi connectivity index (χ2n) is 5.12. The number of ether oxygens (including phenoxy) is 1. The van der Waals surface area contributed by atoms with E-state index in [1.54, 1.807) is 16.8 Å². The van der Waals surface area contributed by atoms with Crippen LogP contribution in [0.4, 0.5) is 0 Å². The maximum Gasteiger partial charge on any atom is 0.257 e. The van der Waals surface area contributed by atoms with Gasteiger partial charge in [0.2, 0.25) is 0 Å². The first-order valence-electron chi connectivity index (χ1n) is 7.58. The summed E-state index contributed by atoms with van der Waals surface area (Å²) < 4.78 is 7.01. The van der Waals surface area contributed by atoms with E-state index in [0.717, 1.165) is 12.1 Å². The lowest BCUT2D eigenvalue weighted by Crippen LogP contribution is -2.30. The monoisotopic (exact) mass is 323 g/mol. The number of nitrogens with zero attached hydrogens (tertiary/aromatic N) is 4. The lowest BCUT2D eigenvalue weighted by molar-refractivity contribution is -0.123. The molecule has 0 saturated carbocycles. The Morgan fingerprint density at radius 3 is 2.58 bits per heavy atom. The van der Waals surface area contributed by atoms with Crippen molar-refractivity contribution in [1.29, 1.82) is 0 Å². The molecular weight excluding hydrogens is 306 g/mol. The molecule has 24 heavy (non-hydrogen) atoms. The molecule has 0 aliphatic heterocycles. The van der Waals surface area contributed by atoms with Crippen LogP contribution in [0.5, 0.6) is 5.75 Å². The van der Waals surface area contributed by atoms with Crippen molar-refractivity contribution in [3.8, 4) is 11.4 Å². The summed E-state index contributed by atoms with van der Waals surface area (Å²) >= 11 is 0. The average Bonchev–Trinajstić information content (AvgIpc) is 3.16. The first-order chi connectivity index (χ1) is 11.8. The number of tetrazole rings is 1. The molecule has 0 spiro atoms. The normalized spacial score (nSPS) is 10.3. The van der Waals surface area contributed by atoms with E-state index < -0.39 is 0 Å². The second-order valence-corrected chi connectivity index (χ2v) is 5.12. The number of amides is 1. The highest BCUT2D eigenvalue weighted by atomic mass is 16.5. The summed E-state index contributed by atoms with van der Waals surface area (Å²) in [4.78, 5) is 11.8. The topological polar surface area (TPSA) is 81.9 Å². The van der Waals surface area contributed by atoms with Gasteiger partial charge in [-0.05, 0) is 46.7 Å². The molecular formula is C17H17N5O2. The fourth-order valence-corrected chi connectivity index (χ4v) is 2.17. The Morgan fingerprint density at radius 1 is 1.08 bits per heavy atom. The van der Waals surface area contributed by atoms with E-state index in [1.807, 2.05) is 42.5 Å². The number of benzene rings is 2. The van der Waals surface area contributed by atoms with E-state index in [2.05, 4.69) is 20.8 Å². The summed E-state index contributed by atoms with van der Waals surface area (Å²) in [6.07, 6.45) is 2.31. The summed E-state index contributed by atoms with van der Waals surface area (Å²) in [7, 11) is 0. The first-order valence-corrected chi connectivity index (χ1v) is 7.58. The zero-order chi connectivity index (χ0) is 16.6. The molecule has 0 atom stereocenters. The average molecular weight is 323 g/mol. The molecule has 0 bridgehead atoms. The van der Waals surface area contributed by atoms with E-state index in [-0.39, 0.29) is 12.5 Å². The van der Waals surface area contributed by atoms with E-state index in [4.69, 9.17) is 4.74 Å². The standard InChI is InChI=1S/C17H17N5O2/c23-17(18-11-10-14-4-2-1-3-5-14)12-24-16-8-6-15(7-9-16)22-13-19-20-21-22/h1-9,13H,10-12H2,(H,18,23). The van der Waals surface area contributed by atoms with Gasteiger partial charge in [0.1, 0.15) is 12.1 Å². The van der Waals surface area contributed by atoms with Crippen molar-refractivity contribution < 1.29 is 9.53 Å². The van der Waals surface area contributed by atoms with Crippen LogP contribution in [0.2, 0.25) is 0 Å². The molecule has 0 radical (unpaired) electrons. The number of aromatic nitrogens is 4. The van der Waals surface area contributed by atoms with Gasteiger partial charge in [0, 0.05) is 6.54 Å². The summed E-state index contributed by atoms with van der Waals surface area (Å²) in [6, 6.07) is 17.2. The third-order valence-corrected chi connectivity index (χ3v) is 3.40. The summed E-state index contributed by atoms with van der Waals surface area (Å²) in [6.45, 7) is 0.573. The number of carbonyl (C=O) groups is 1. The number of hydrogen-bond acceptors (Lipinski definition) is 5. The van der Waals surface area contributed by atoms with Crippen LogP contribution in [-0.4, -0.2) is 39.3 Å². The minimum absolute atomic E-state index is 0.0149. The third kappa shape index (κ3) is 4.39. The van der Waals surface area contributed by atoms with Crippen molar-refractivity contribution in [2.75, 3.05) is 13.2 Å². The van der Waals surface area contributed by atoms with Gasteiger partial charge in [0.25, 0.3) is 5.91 Å². The molecule has 0 saturated heterocycles. The molecule has 122 valence electrons. The van der Waals surface area contributed by atoms with Gasteiger partial charge in [0.15, 0.2) is 6.61 Å². The van der Waals surface area contributed by atoms with Crippen LogP contribution in [-0.2, 0) is 11.2 Å². The van der Waals surface area contributed by atoms with E-state index in [9.17, 15) is 4.79 Å². The maximum atomic E-state index is 11.8. The summed E-state index contributed by atoms with van der Waals surface area (Å²) in [5, 5.41) is 13.8. The minimum Gasteiger partial charge on any atom is -0.484 e. The highest BCUT2D eigenvalue weighted by Crippen LogP contribution is 2.13. The SMILES string of the molecule is O=C(COc1ccc(-n2cnnn2)cc1)NCCc1ccccc1. The van der Waals surface area contributed by atoms with Crippen molar-refractivity contribution in [3.63, 3.8) is 0 Å². The van der Waals surface area contributed by atoms with Crippen LogP contribution in [0.3, 0.4) is 0 Å². The van der Waals surface area contributed by atoms with Gasteiger partial charge < -0.3 is 10.1 Å². The number of nitrogens with one attached hydrogen (secondary N) is 1. The zero-order valence-corrected chi connectivity index (χ0v) is 13.0. The van der Waals surface area contributed by atoms with Gasteiger partial charge in [-0.3, -0.25) is 4.79 Å². The molecule has 0 aliphatic carbocycles. The van der Waals surface area contributed by atoms with Gasteiger partial charge >= 0.3 is 0 Å². The quantitative estimate of drug-likeness (QED) is 0.711. The summed E-state index contributed by atoms with van der Waals surface area (Å²) in [5.74, 6) is 0.473. The molecule has 3 aromatic rings. The van der Waals surface area contributed by atoms with Crippen LogP contribution in [0, 0.1) is 0 Å². The number of rotatable bonds is 7. The predicted molar refractivity (Wildman–Crippen MR) is 87.8 cm³/mol. The van der Waals surface area contributed by atoms with Gasteiger partial charge in [0.05, 0.1) is 5.69 Å². The molecule has 1 heterocycles. The maximum absolute atomic E-state index is 11.8. The fraction of sp³-hybridized carbons (Fsp3) is 0.176. The molecule has 0 unspecified atom stereocenters. The minimum atomic E-state index is -0.143.